The van der Waals surface area contributed by atoms with Gasteiger partial charge in [0, 0.05) is 43.2 Å². The van der Waals surface area contributed by atoms with Gasteiger partial charge in [-0.15, -0.1) is 5.10 Å². The van der Waals surface area contributed by atoms with Crippen LogP contribution in [0.25, 0.3) is 0 Å². The first-order valence-corrected chi connectivity index (χ1v) is 11.9. The Hall–Kier alpha value is -2.82. The molecule has 1 N–H and O–H groups in total. The maximum atomic E-state index is 14.8. The number of phenols is 1. The minimum atomic E-state index is -1.34. The Balaban J connectivity index is 1.43. The van der Waals surface area contributed by atoms with Crippen molar-refractivity contribution in [3.05, 3.63) is 60.2 Å². The number of nitrogens with zero attached hydrogens (tertiary/aromatic N) is 6. The average Bonchev–Trinajstić information content (AvgIpc) is 3.56. The number of aromatic nitrogens is 5. The van der Waals surface area contributed by atoms with E-state index in [1.165, 1.54) is 12.1 Å². The number of halogens is 1. The lowest BCUT2D eigenvalue weighted by molar-refractivity contribution is -0.190. The summed E-state index contributed by atoms with van der Waals surface area (Å²) in [5.41, 5.74) is 1.16. The largest absolute Gasteiger partial charge is 0.508 e. The van der Waals surface area contributed by atoms with Crippen LogP contribution in [0.15, 0.2) is 43.1 Å². The maximum absolute atomic E-state index is 14.8. The van der Waals surface area contributed by atoms with Gasteiger partial charge in [0.15, 0.2) is 0 Å². The third-order valence-electron chi connectivity index (χ3n) is 5.91. The molecular weight excluding hydrogens is 439 g/mol. The Morgan fingerprint density at radius 2 is 2.06 bits per heavy atom. The maximum Gasteiger partial charge on any atom is 0.216 e. The van der Waals surface area contributed by atoms with Crippen molar-refractivity contribution in [2.75, 3.05) is 26.2 Å². The van der Waals surface area contributed by atoms with E-state index in [0.717, 1.165) is 50.7 Å². The molecule has 1 saturated heterocycles. The Morgan fingerprint density at radius 3 is 2.76 bits per heavy atom. The van der Waals surface area contributed by atoms with Gasteiger partial charge in [-0.25, -0.2) is 14.1 Å². The van der Waals surface area contributed by atoms with E-state index >= 15 is 0 Å². The van der Waals surface area contributed by atoms with Crippen molar-refractivity contribution in [1.29, 1.82) is 0 Å². The summed E-state index contributed by atoms with van der Waals surface area (Å²) in [6.07, 6.45) is 9.74. The molecule has 0 spiro atoms. The highest BCUT2D eigenvalue weighted by atomic mass is 19.1. The van der Waals surface area contributed by atoms with E-state index in [-0.39, 0.29) is 30.6 Å². The highest BCUT2D eigenvalue weighted by Crippen LogP contribution is 2.38. The third-order valence-corrected chi connectivity index (χ3v) is 5.91. The number of aromatic hydroxyl groups is 1. The molecule has 34 heavy (non-hydrogen) atoms. The van der Waals surface area contributed by atoms with E-state index in [0.29, 0.717) is 6.54 Å². The predicted octanol–water partition coefficient (Wildman–Crippen LogP) is 2.95. The fourth-order valence-corrected chi connectivity index (χ4v) is 4.39. The third kappa shape index (κ3) is 5.81. The second-order valence-corrected chi connectivity index (χ2v) is 8.73. The highest BCUT2D eigenvalue weighted by molar-refractivity contribution is 5.31. The van der Waals surface area contributed by atoms with Crippen LogP contribution in [-0.2, 0) is 34.8 Å². The van der Waals surface area contributed by atoms with E-state index in [1.54, 1.807) is 28.0 Å². The number of hydrogen-bond donors (Lipinski definition) is 1. The minimum absolute atomic E-state index is 0.153. The van der Waals surface area contributed by atoms with Gasteiger partial charge in [0.25, 0.3) is 0 Å². The van der Waals surface area contributed by atoms with E-state index < -0.39 is 11.6 Å². The molecule has 2 aromatic heterocycles. The van der Waals surface area contributed by atoms with Gasteiger partial charge < -0.3 is 24.0 Å². The van der Waals surface area contributed by atoms with Gasteiger partial charge in [0.05, 0.1) is 31.7 Å². The van der Waals surface area contributed by atoms with Crippen LogP contribution in [0.3, 0.4) is 0 Å². The summed E-state index contributed by atoms with van der Waals surface area (Å²) in [6, 6.07) is 3.99. The molecule has 1 aromatic carbocycles. The fourth-order valence-electron chi connectivity index (χ4n) is 4.39. The Morgan fingerprint density at radius 1 is 1.24 bits per heavy atom. The molecule has 10 heteroatoms. The van der Waals surface area contributed by atoms with Crippen LogP contribution < -0.4 is 0 Å². The first-order chi connectivity index (χ1) is 16.5. The normalized spacial score (nSPS) is 20.4. The number of imidazole rings is 1. The predicted molar refractivity (Wildman–Crippen MR) is 124 cm³/mol. The highest BCUT2D eigenvalue weighted by Gasteiger charge is 2.45. The SMILES string of the molecule is CCCN(CCC)CCc1cn(C[C@H]2CO[C@](Cn3ccnc3)(c3ccc(O)cc3F)O2)nn1. The van der Waals surface area contributed by atoms with Crippen LogP contribution in [0.4, 0.5) is 4.39 Å². The summed E-state index contributed by atoms with van der Waals surface area (Å²) in [7, 11) is 0. The zero-order chi connectivity index (χ0) is 24.0. The topological polar surface area (TPSA) is 90.5 Å². The van der Waals surface area contributed by atoms with Gasteiger partial charge in [0.2, 0.25) is 5.79 Å². The lowest BCUT2D eigenvalue weighted by atomic mass is 10.0. The molecule has 1 aliphatic heterocycles. The Kier molecular flexibility index (Phi) is 7.91. The van der Waals surface area contributed by atoms with Crippen molar-refractivity contribution in [3.8, 4) is 5.75 Å². The number of hydrogen-bond acceptors (Lipinski definition) is 7. The minimum Gasteiger partial charge on any atom is -0.508 e. The monoisotopic (exact) mass is 472 g/mol. The molecule has 0 aliphatic carbocycles. The molecule has 0 bridgehead atoms. The van der Waals surface area contributed by atoms with Gasteiger partial charge >= 0.3 is 0 Å². The summed E-state index contributed by atoms with van der Waals surface area (Å²) in [5, 5.41) is 18.2. The van der Waals surface area contributed by atoms with Gasteiger partial charge in [-0.2, -0.15) is 0 Å². The smallest absolute Gasteiger partial charge is 0.216 e. The van der Waals surface area contributed by atoms with Crippen LogP contribution in [0, 0.1) is 5.82 Å². The van der Waals surface area contributed by atoms with Crippen LogP contribution in [0.2, 0.25) is 0 Å². The first kappa shape index (κ1) is 24.3. The van der Waals surface area contributed by atoms with Crippen LogP contribution in [0.5, 0.6) is 5.75 Å². The molecular formula is C24H33FN6O3. The number of ether oxygens (including phenoxy) is 2. The Labute approximate surface area is 199 Å². The van der Waals surface area contributed by atoms with Crippen LogP contribution >= 0.6 is 0 Å². The number of benzene rings is 1. The summed E-state index contributed by atoms with van der Waals surface area (Å²) in [6.45, 7) is 8.44. The molecule has 3 heterocycles. The van der Waals surface area contributed by atoms with E-state index in [9.17, 15) is 9.50 Å². The summed E-state index contributed by atoms with van der Waals surface area (Å²) in [5.74, 6) is -2.08. The first-order valence-electron chi connectivity index (χ1n) is 11.9. The number of phenolic OH excluding ortho intramolecular Hbond substituents is 1. The average molecular weight is 473 g/mol. The molecule has 9 nitrogen and oxygen atoms in total. The zero-order valence-corrected chi connectivity index (χ0v) is 19.8. The summed E-state index contributed by atoms with van der Waals surface area (Å²) in [4.78, 5) is 6.51. The van der Waals surface area contributed by atoms with E-state index in [1.807, 2.05) is 6.20 Å². The van der Waals surface area contributed by atoms with Crippen molar-refractivity contribution < 1.29 is 19.0 Å². The second kappa shape index (κ2) is 11.1. The van der Waals surface area contributed by atoms with Crippen molar-refractivity contribution in [3.63, 3.8) is 0 Å². The van der Waals surface area contributed by atoms with Gasteiger partial charge in [-0.3, -0.25) is 0 Å². The molecule has 1 aliphatic rings. The molecule has 0 amide bonds. The van der Waals surface area contributed by atoms with Crippen LogP contribution in [-0.4, -0.2) is 66.9 Å². The van der Waals surface area contributed by atoms with Gasteiger partial charge in [-0.05, 0) is 38.1 Å². The number of rotatable bonds is 12. The lowest BCUT2D eigenvalue weighted by Crippen LogP contribution is -2.35. The van der Waals surface area contributed by atoms with Crippen molar-refractivity contribution in [1.82, 2.24) is 29.4 Å². The van der Waals surface area contributed by atoms with Crippen molar-refractivity contribution >= 4 is 0 Å². The zero-order valence-electron chi connectivity index (χ0n) is 19.8. The summed E-state index contributed by atoms with van der Waals surface area (Å²) < 4.78 is 30.8. The van der Waals surface area contributed by atoms with E-state index in [2.05, 4.69) is 34.0 Å². The molecule has 1 fully saturated rings. The standard InChI is InChI=1S/C24H33FN6O3/c1-3-9-29(10-4-2)11-7-19-14-31(28-27-19)15-21-16-33-24(34-21,17-30-12-8-26-18-30)22-6-5-20(32)13-23(22)25/h5-6,8,12-14,18,21,32H,3-4,7,9-11,15-17H2,1-2H3/t21-,24-/m0/s1. The molecule has 3 aromatic rings. The van der Waals surface area contributed by atoms with Crippen molar-refractivity contribution in [2.45, 2.75) is 58.1 Å². The molecule has 0 saturated carbocycles. The molecule has 2 atom stereocenters. The van der Waals surface area contributed by atoms with Gasteiger partial charge in [0.1, 0.15) is 17.7 Å². The van der Waals surface area contributed by atoms with E-state index in [4.69, 9.17) is 9.47 Å². The molecule has 4 rings (SSSR count). The van der Waals surface area contributed by atoms with Crippen molar-refractivity contribution in [2.24, 2.45) is 0 Å². The van der Waals surface area contributed by atoms with Crippen LogP contribution in [0.1, 0.15) is 37.9 Å². The molecule has 184 valence electrons. The molecule has 0 unspecified atom stereocenters. The summed E-state index contributed by atoms with van der Waals surface area (Å²) >= 11 is 0. The van der Waals surface area contributed by atoms with Gasteiger partial charge in [-0.1, -0.05) is 19.1 Å². The lowest BCUT2D eigenvalue weighted by Gasteiger charge is -2.29. The quantitative estimate of drug-likeness (QED) is 0.433. The second-order valence-electron chi connectivity index (χ2n) is 8.73. The Bertz CT molecular complexity index is 1040. The fraction of sp³-hybridized carbons (Fsp3) is 0.542. The molecule has 0 radical (unpaired) electrons.